The number of rotatable bonds is 5. The van der Waals surface area contributed by atoms with E-state index >= 15 is 0 Å². The second-order valence-electron chi connectivity index (χ2n) is 6.17. The lowest BCUT2D eigenvalue weighted by Crippen LogP contribution is -2.32. The lowest BCUT2D eigenvalue weighted by molar-refractivity contribution is -0.120. The fourth-order valence-corrected chi connectivity index (χ4v) is 4.00. The number of nitrogens with one attached hydrogen (secondary N) is 1. The summed E-state index contributed by atoms with van der Waals surface area (Å²) in [6.07, 6.45) is 0. The largest absolute Gasteiger partial charge is 0.350 e. The van der Waals surface area contributed by atoms with Gasteiger partial charge in [-0.25, -0.2) is 4.90 Å². The van der Waals surface area contributed by atoms with Crippen molar-refractivity contribution < 1.29 is 9.59 Å². The molecule has 2 amide bonds. The van der Waals surface area contributed by atoms with Crippen LogP contribution in [0.1, 0.15) is 0 Å². The number of carbonyl (C=O) groups excluding carboxylic acids is 2. The second kappa shape index (κ2) is 8.33. The Morgan fingerprint density at radius 1 is 0.724 bits per heavy atom. The van der Waals surface area contributed by atoms with Crippen LogP contribution in [-0.2, 0) is 9.59 Å². The molecule has 29 heavy (non-hydrogen) atoms. The Balaban J connectivity index is 1.73. The van der Waals surface area contributed by atoms with Gasteiger partial charge in [0.25, 0.3) is 11.8 Å². The number of imide groups is 1. The number of benzene rings is 3. The molecule has 3 aromatic carbocycles. The Kier molecular flexibility index (Phi) is 5.62. The zero-order chi connectivity index (χ0) is 20.4. The van der Waals surface area contributed by atoms with Gasteiger partial charge in [0, 0.05) is 20.6 Å². The first kappa shape index (κ1) is 19.6. The quantitative estimate of drug-likeness (QED) is 0.495. The van der Waals surface area contributed by atoms with Gasteiger partial charge in [-0.05, 0) is 60.7 Å². The maximum Gasteiger partial charge on any atom is 0.283 e. The maximum atomic E-state index is 13.2. The average Bonchev–Trinajstić information content (AvgIpc) is 2.96. The first-order valence-corrected chi connectivity index (χ1v) is 10.2. The summed E-state index contributed by atoms with van der Waals surface area (Å²) >= 11 is 13.1. The van der Waals surface area contributed by atoms with Crippen molar-refractivity contribution in [3.8, 4) is 0 Å². The fraction of sp³-hybridized carbons (Fsp3) is 0. The van der Waals surface area contributed by atoms with Crippen molar-refractivity contribution in [3.05, 3.63) is 99.5 Å². The van der Waals surface area contributed by atoms with Gasteiger partial charge in [0.15, 0.2) is 0 Å². The Labute approximate surface area is 182 Å². The minimum atomic E-state index is -0.410. The number of nitrogens with zero attached hydrogens (tertiary/aromatic N) is 1. The van der Waals surface area contributed by atoms with E-state index in [9.17, 15) is 9.59 Å². The van der Waals surface area contributed by atoms with Crippen molar-refractivity contribution in [2.75, 3.05) is 10.2 Å². The highest BCUT2D eigenvalue weighted by atomic mass is 35.5. The van der Waals surface area contributed by atoms with Gasteiger partial charge in [0.05, 0.1) is 5.69 Å². The zero-order valence-electron chi connectivity index (χ0n) is 14.9. The summed E-state index contributed by atoms with van der Waals surface area (Å²) in [7, 11) is 0. The third-order valence-electron chi connectivity index (χ3n) is 4.20. The van der Waals surface area contributed by atoms with Crippen molar-refractivity contribution in [1.82, 2.24) is 0 Å². The fourth-order valence-electron chi connectivity index (χ4n) is 2.82. The molecule has 7 heteroatoms. The van der Waals surface area contributed by atoms with Crippen LogP contribution in [-0.4, -0.2) is 11.8 Å². The average molecular weight is 441 g/mol. The molecule has 4 nitrogen and oxygen atoms in total. The van der Waals surface area contributed by atoms with E-state index in [2.05, 4.69) is 5.32 Å². The number of halogens is 2. The number of hydrogen-bond acceptors (Lipinski definition) is 4. The van der Waals surface area contributed by atoms with E-state index in [0.717, 1.165) is 4.90 Å². The molecule has 1 N–H and O–H groups in total. The van der Waals surface area contributed by atoms with Gasteiger partial charge in [-0.2, -0.15) is 0 Å². The lowest BCUT2D eigenvalue weighted by atomic mass is 10.3. The van der Waals surface area contributed by atoms with E-state index in [4.69, 9.17) is 23.2 Å². The number of para-hydroxylation sites is 1. The van der Waals surface area contributed by atoms with Gasteiger partial charge in [0.2, 0.25) is 0 Å². The second-order valence-corrected chi connectivity index (χ2v) is 8.13. The molecule has 0 spiro atoms. The van der Waals surface area contributed by atoms with Crippen molar-refractivity contribution in [1.29, 1.82) is 0 Å². The van der Waals surface area contributed by atoms with Crippen LogP contribution in [0.15, 0.2) is 94.4 Å². The highest BCUT2D eigenvalue weighted by Crippen LogP contribution is 2.38. The maximum absolute atomic E-state index is 13.2. The molecule has 0 saturated carbocycles. The molecule has 0 bridgehead atoms. The summed E-state index contributed by atoms with van der Waals surface area (Å²) in [5.41, 5.74) is 1.40. The molecule has 1 heterocycles. The molecular weight excluding hydrogens is 427 g/mol. The summed E-state index contributed by atoms with van der Waals surface area (Å²) in [5.74, 6) is -0.787. The van der Waals surface area contributed by atoms with E-state index in [0.29, 0.717) is 26.3 Å². The highest BCUT2D eigenvalue weighted by Gasteiger charge is 2.40. The molecule has 0 saturated heterocycles. The number of carbonyl (C=O) groups is 2. The molecule has 0 unspecified atom stereocenters. The lowest BCUT2D eigenvalue weighted by Gasteiger charge is -2.15. The molecule has 0 aromatic heterocycles. The number of thioether (sulfide) groups is 1. The van der Waals surface area contributed by atoms with Crippen LogP contribution in [0.3, 0.4) is 0 Å². The van der Waals surface area contributed by atoms with E-state index in [1.54, 1.807) is 60.7 Å². The third-order valence-corrected chi connectivity index (χ3v) is 5.80. The van der Waals surface area contributed by atoms with E-state index in [1.165, 1.54) is 16.7 Å². The Bertz CT molecular complexity index is 1030. The SMILES string of the molecule is O=C1C(Nc2ccc(Cl)cc2)=C(Sc2ccc(Cl)cc2)C(=O)N1c1ccccc1. The molecule has 0 atom stereocenters. The summed E-state index contributed by atoms with van der Waals surface area (Å²) in [4.78, 5) is 28.6. The van der Waals surface area contributed by atoms with Gasteiger partial charge in [-0.15, -0.1) is 0 Å². The molecule has 0 radical (unpaired) electrons. The summed E-state index contributed by atoms with van der Waals surface area (Å²) in [5, 5.41) is 4.27. The molecule has 144 valence electrons. The highest BCUT2D eigenvalue weighted by molar-refractivity contribution is 8.04. The first-order valence-electron chi connectivity index (χ1n) is 8.67. The van der Waals surface area contributed by atoms with Gasteiger partial charge in [0.1, 0.15) is 10.6 Å². The number of anilines is 2. The molecule has 0 fully saturated rings. The van der Waals surface area contributed by atoms with Gasteiger partial charge < -0.3 is 5.32 Å². The van der Waals surface area contributed by atoms with Gasteiger partial charge in [-0.1, -0.05) is 53.2 Å². The van der Waals surface area contributed by atoms with Gasteiger partial charge >= 0.3 is 0 Å². The van der Waals surface area contributed by atoms with Crippen LogP contribution in [0.25, 0.3) is 0 Å². The van der Waals surface area contributed by atoms with E-state index in [1.807, 2.05) is 18.2 Å². The van der Waals surface area contributed by atoms with Crippen LogP contribution in [0.4, 0.5) is 11.4 Å². The van der Waals surface area contributed by atoms with Crippen molar-refractivity contribution >= 4 is 58.2 Å². The summed E-state index contributed by atoms with van der Waals surface area (Å²) in [6.45, 7) is 0. The van der Waals surface area contributed by atoms with Crippen LogP contribution >= 0.6 is 35.0 Å². The van der Waals surface area contributed by atoms with Crippen LogP contribution in [0.2, 0.25) is 10.0 Å². The number of amides is 2. The predicted octanol–water partition coefficient (Wildman–Crippen LogP) is 5.98. The predicted molar refractivity (Wildman–Crippen MR) is 118 cm³/mol. The Hall–Kier alpha value is -2.73. The van der Waals surface area contributed by atoms with E-state index in [-0.39, 0.29) is 11.6 Å². The zero-order valence-corrected chi connectivity index (χ0v) is 17.3. The minimum absolute atomic E-state index is 0.223. The Morgan fingerprint density at radius 3 is 1.93 bits per heavy atom. The van der Waals surface area contributed by atoms with Crippen molar-refractivity contribution in [3.63, 3.8) is 0 Å². The van der Waals surface area contributed by atoms with Crippen molar-refractivity contribution in [2.45, 2.75) is 4.90 Å². The number of hydrogen-bond donors (Lipinski definition) is 1. The van der Waals surface area contributed by atoms with Crippen molar-refractivity contribution in [2.24, 2.45) is 0 Å². The topological polar surface area (TPSA) is 49.4 Å². The Morgan fingerprint density at radius 2 is 1.31 bits per heavy atom. The monoisotopic (exact) mass is 440 g/mol. The third kappa shape index (κ3) is 4.17. The minimum Gasteiger partial charge on any atom is -0.350 e. The molecule has 0 aliphatic carbocycles. The molecule has 1 aliphatic rings. The first-order chi connectivity index (χ1) is 14.0. The normalized spacial score (nSPS) is 13.9. The molecule has 3 aromatic rings. The smallest absolute Gasteiger partial charge is 0.283 e. The van der Waals surface area contributed by atoms with Crippen LogP contribution < -0.4 is 10.2 Å². The van der Waals surface area contributed by atoms with Crippen LogP contribution in [0, 0.1) is 0 Å². The van der Waals surface area contributed by atoms with E-state index < -0.39 is 5.91 Å². The molecule has 4 rings (SSSR count). The van der Waals surface area contributed by atoms with Crippen LogP contribution in [0.5, 0.6) is 0 Å². The summed E-state index contributed by atoms with van der Waals surface area (Å²) in [6, 6.07) is 22.9. The standard InChI is InChI=1S/C22H14Cl2N2O2S/c23-14-6-10-16(11-7-14)25-19-20(29-18-12-8-15(24)9-13-18)22(28)26(21(19)27)17-4-2-1-3-5-17/h1-13,25H. The molecule has 1 aliphatic heterocycles. The van der Waals surface area contributed by atoms with Gasteiger partial charge in [-0.3, -0.25) is 9.59 Å². The molecular formula is C22H14Cl2N2O2S. The summed E-state index contributed by atoms with van der Waals surface area (Å²) < 4.78 is 0.